The maximum atomic E-state index is 12.7. The van der Waals surface area contributed by atoms with Crippen LogP contribution in [0.2, 0.25) is 0 Å². The summed E-state index contributed by atoms with van der Waals surface area (Å²) in [6, 6.07) is 22.0. The number of nitrogens with one attached hydrogen (secondary N) is 1. The second-order valence-electron chi connectivity index (χ2n) is 9.25. The molecule has 1 aromatic heterocycles. The van der Waals surface area contributed by atoms with E-state index in [1.807, 2.05) is 0 Å². The Bertz CT molecular complexity index is 1200. The van der Waals surface area contributed by atoms with Crippen LogP contribution in [0.5, 0.6) is 11.5 Å². The molecule has 2 heterocycles. The number of halogens is 1. The SMILES string of the molecule is C[C@@H]1CCCN1C.Cc1ccc(C)cc1.O=CCn1cncn1.O=CNc1ccc(Oc2ccc(F)cc2)cc1. The van der Waals surface area contributed by atoms with Gasteiger partial charge in [-0.1, -0.05) is 35.4 Å². The van der Waals surface area contributed by atoms with Gasteiger partial charge in [-0.3, -0.25) is 4.79 Å². The minimum Gasteiger partial charge on any atom is -0.457 e. The number of likely N-dealkylation sites (tertiary alicyclic amines) is 1. The van der Waals surface area contributed by atoms with Gasteiger partial charge in [-0.2, -0.15) is 5.10 Å². The molecule has 1 aliphatic rings. The third kappa shape index (κ3) is 12.9. The molecule has 212 valence electrons. The number of anilines is 1. The second-order valence-corrected chi connectivity index (χ2v) is 9.25. The van der Waals surface area contributed by atoms with E-state index >= 15 is 0 Å². The molecule has 0 radical (unpaired) electrons. The van der Waals surface area contributed by atoms with Crippen LogP contribution in [0.4, 0.5) is 10.1 Å². The lowest BCUT2D eigenvalue weighted by Gasteiger charge is -2.12. The molecule has 0 aliphatic carbocycles. The van der Waals surface area contributed by atoms with E-state index in [0.717, 1.165) is 12.3 Å². The van der Waals surface area contributed by atoms with Crippen molar-refractivity contribution >= 4 is 18.4 Å². The number of hydrogen-bond acceptors (Lipinski definition) is 6. The number of amides is 1. The van der Waals surface area contributed by atoms with Gasteiger partial charge in [-0.05, 0) is 95.7 Å². The Labute approximate surface area is 235 Å². The summed E-state index contributed by atoms with van der Waals surface area (Å²) in [5.41, 5.74) is 3.35. The minimum absolute atomic E-state index is 0.292. The molecule has 0 spiro atoms. The Kier molecular flexibility index (Phi) is 14.3. The van der Waals surface area contributed by atoms with E-state index in [1.54, 1.807) is 36.4 Å². The maximum absolute atomic E-state index is 12.7. The van der Waals surface area contributed by atoms with Crippen LogP contribution in [0.3, 0.4) is 0 Å². The van der Waals surface area contributed by atoms with Crippen molar-refractivity contribution in [2.45, 2.75) is 46.2 Å². The molecule has 0 bridgehead atoms. The predicted molar refractivity (Wildman–Crippen MR) is 156 cm³/mol. The quantitative estimate of drug-likeness (QED) is 0.295. The van der Waals surface area contributed by atoms with Crippen LogP contribution in [0.15, 0.2) is 85.5 Å². The molecular formula is C31H38FN5O3. The van der Waals surface area contributed by atoms with E-state index < -0.39 is 0 Å². The summed E-state index contributed by atoms with van der Waals surface area (Å²) in [5, 5.41) is 6.20. The molecule has 8 nitrogen and oxygen atoms in total. The van der Waals surface area contributed by atoms with Crippen molar-refractivity contribution in [1.82, 2.24) is 19.7 Å². The van der Waals surface area contributed by atoms with Crippen molar-refractivity contribution in [3.05, 3.63) is 102 Å². The molecule has 40 heavy (non-hydrogen) atoms. The summed E-state index contributed by atoms with van der Waals surface area (Å²) in [7, 11) is 2.19. The van der Waals surface area contributed by atoms with Crippen molar-refractivity contribution in [3.8, 4) is 11.5 Å². The number of rotatable bonds is 6. The number of aldehydes is 1. The molecule has 0 saturated carbocycles. The molecule has 4 aromatic rings. The summed E-state index contributed by atoms with van der Waals surface area (Å²) in [4.78, 5) is 26.0. The van der Waals surface area contributed by atoms with Gasteiger partial charge in [0.25, 0.3) is 0 Å². The molecule has 0 unspecified atom stereocenters. The Hall–Kier alpha value is -4.37. The molecule has 1 aliphatic heterocycles. The first-order valence-electron chi connectivity index (χ1n) is 13.0. The molecule has 3 aromatic carbocycles. The number of aryl methyl sites for hydroxylation is 2. The lowest BCUT2D eigenvalue weighted by molar-refractivity contribution is -0.108. The van der Waals surface area contributed by atoms with Crippen LogP contribution in [0.25, 0.3) is 0 Å². The summed E-state index contributed by atoms with van der Waals surface area (Å²) in [5.74, 6) is 0.874. The van der Waals surface area contributed by atoms with Gasteiger partial charge in [0.1, 0.15) is 36.3 Å². The number of carbonyl (C=O) groups excluding carboxylic acids is 2. The summed E-state index contributed by atoms with van der Waals surface area (Å²) in [6.07, 6.45) is 7.07. The highest BCUT2D eigenvalue weighted by molar-refractivity contribution is 5.71. The van der Waals surface area contributed by atoms with Gasteiger partial charge < -0.3 is 19.7 Å². The summed E-state index contributed by atoms with van der Waals surface area (Å²) < 4.78 is 19.6. The van der Waals surface area contributed by atoms with Crippen molar-refractivity contribution in [1.29, 1.82) is 0 Å². The number of aromatic nitrogens is 3. The predicted octanol–water partition coefficient (Wildman–Crippen LogP) is 6.07. The zero-order chi connectivity index (χ0) is 29.2. The molecule has 5 rings (SSSR count). The molecule has 1 atom stereocenters. The van der Waals surface area contributed by atoms with E-state index in [-0.39, 0.29) is 5.82 Å². The fourth-order valence-corrected chi connectivity index (χ4v) is 3.44. The topological polar surface area (TPSA) is 89.4 Å². The minimum atomic E-state index is -0.303. The first-order valence-corrected chi connectivity index (χ1v) is 13.0. The molecule has 1 amide bonds. The average molecular weight is 548 g/mol. The van der Waals surface area contributed by atoms with Crippen LogP contribution >= 0.6 is 0 Å². The number of hydrogen-bond donors (Lipinski definition) is 1. The Morgan fingerprint density at radius 3 is 1.93 bits per heavy atom. The number of nitrogens with zero attached hydrogens (tertiary/aromatic N) is 4. The van der Waals surface area contributed by atoms with Crippen LogP contribution in [0.1, 0.15) is 30.9 Å². The van der Waals surface area contributed by atoms with Crippen LogP contribution < -0.4 is 10.1 Å². The summed E-state index contributed by atoms with van der Waals surface area (Å²) >= 11 is 0. The van der Waals surface area contributed by atoms with E-state index in [2.05, 4.69) is 72.4 Å². The number of ether oxygens (including phenoxy) is 1. The van der Waals surface area contributed by atoms with Crippen molar-refractivity contribution in [3.63, 3.8) is 0 Å². The van der Waals surface area contributed by atoms with Crippen LogP contribution in [-0.2, 0) is 16.1 Å². The van der Waals surface area contributed by atoms with E-state index in [9.17, 15) is 14.0 Å². The van der Waals surface area contributed by atoms with Gasteiger partial charge in [0.2, 0.25) is 6.41 Å². The Morgan fingerprint density at radius 1 is 0.950 bits per heavy atom. The monoisotopic (exact) mass is 547 g/mol. The largest absolute Gasteiger partial charge is 0.457 e. The van der Waals surface area contributed by atoms with E-state index in [0.29, 0.717) is 30.1 Å². The lowest BCUT2D eigenvalue weighted by Crippen LogP contribution is -2.20. The van der Waals surface area contributed by atoms with Gasteiger partial charge >= 0.3 is 0 Å². The Morgan fingerprint density at radius 2 is 1.52 bits per heavy atom. The van der Waals surface area contributed by atoms with Crippen LogP contribution in [0, 0.1) is 19.7 Å². The normalized spacial score (nSPS) is 13.8. The fraction of sp³-hybridized carbons (Fsp3) is 0.290. The third-order valence-corrected chi connectivity index (χ3v) is 5.96. The highest BCUT2D eigenvalue weighted by atomic mass is 19.1. The third-order valence-electron chi connectivity index (χ3n) is 5.96. The highest BCUT2D eigenvalue weighted by Crippen LogP contribution is 2.22. The molecule has 1 N–H and O–H groups in total. The standard InChI is InChI=1S/C13H10FNO2.C8H10.C6H13N.C4H5N3O/c14-10-1-5-12(6-2-10)17-13-7-3-11(4-8-13)15-9-16;1-7-3-5-8(2)6-4-7;1-6-4-3-5-7(6)2;8-2-1-7-4-5-3-6-7/h1-9H,(H,15,16);3-6H,1-2H3;6H,3-5H2,1-2H3;2-4H,1H2/t;;6-;/m..1./s1. The zero-order valence-corrected chi connectivity index (χ0v) is 23.5. The average Bonchev–Trinajstić information content (AvgIpc) is 3.61. The van der Waals surface area contributed by atoms with Crippen molar-refractivity contribution in [2.75, 3.05) is 18.9 Å². The zero-order valence-electron chi connectivity index (χ0n) is 23.5. The second kappa shape index (κ2) is 18.0. The van der Waals surface area contributed by atoms with E-state index in [1.165, 1.54) is 60.0 Å². The molecular weight excluding hydrogens is 509 g/mol. The number of benzene rings is 3. The fourth-order valence-electron chi connectivity index (χ4n) is 3.44. The van der Waals surface area contributed by atoms with E-state index in [4.69, 9.17) is 4.74 Å². The Balaban J connectivity index is 0.000000204. The molecule has 1 saturated heterocycles. The van der Waals surface area contributed by atoms with Crippen molar-refractivity contribution in [2.24, 2.45) is 0 Å². The maximum Gasteiger partial charge on any atom is 0.211 e. The van der Waals surface area contributed by atoms with Gasteiger partial charge in [0.15, 0.2) is 0 Å². The lowest BCUT2D eigenvalue weighted by atomic mass is 10.2. The first kappa shape index (κ1) is 31.8. The molecule has 1 fully saturated rings. The van der Waals surface area contributed by atoms with Gasteiger partial charge in [0, 0.05) is 11.7 Å². The smallest absolute Gasteiger partial charge is 0.211 e. The van der Waals surface area contributed by atoms with Gasteiger partial charge in [0.05, 0.1) is 6.54 Å². The van der Waals surface area contributed by atoms with Crippen molar-refractivity contribution < 1.29 is 18.7 Å². The molecule has 9 heteroatoms. The number of carbonyl (C=O) groups is 2. The van der Waals surface area contributed by atoms with Gasteiger partial charge in [-0.25, -0.2) is 14.1 Å². The summed E-state index contributed by atoms with van der Waals surface area (Å²) in [6.45, 7) is 8.08. The van der Waals surface area contributed by atoms with Gasteiger partial charge in [-0.15, -0.1) is 0 Å². The highest BCUT2D eigenvalue weighted by Gasteiger charge is 2.14. The first-order chi connectivity index (χ1) is 19.3. The van der Waals surface area contributed by atoms with Crippen LogP contribution in [-0.4, -0.2) is 52.0 Å².